The van der Waals surface area contributed by atoms with Crippen molar-refractivity contribution in [3.8, 4) is 0 Å². The molecule has 0 bridgehead atoms. The van der Waals surface area contributed by atoms with E-state index in [0.29, 0.717) is 30.4 Å². The first-order valence-corrected chi connectivity index (χ1v) is 11.4. The molecule has 0 aromatic carbocycles. The van der Waals surface area contributed by atoms with Crippen LogP contribution in [0.5, 0.6) is 0 Å². The van der Waals surface area contributed by atoms with Gasteiger partial charge in [-0.1, -0.05) is 0 Å². The summed E-state index contributed by atoms with van der Waals surface area (Å²) in [5.41, 5.74) is 6.85. The fraction of sp³-hybridized carbons (Fsp3) is 0.722. The summed E-state index contributed by atoms with van der Waals surface area (Å²) in [7, 11) is -3.21. The number of alkyl halides is 1. The minimum absolute atomic E-state index is 0.0801. The average Bonchev–Trinajstić information content (AvgIpc) is 3.15. The Morgan fingerprint density at radius 3 is 2.54 bits per heavy atom. The number of hydrogen-bond donors (Lipinski definition) is 1. The van der Waals surface area contributed by atoms with E-state index in [-0.39, 0.29) is 36.1 Å². The van der Waals surface area contributed by atoms with Crippen molar-refractivity contribution in [3.63, 3.8) is 0 Å². The summed E-state index contributed by atoms with van der Waals surface area (Å²) in [6.07, 6.45) is 3.38. The van der Waals surface area contributed by atoms with Crippen LogP contribution in [0.1, 0.15) is 53.0 Å². The zero-order valence-electron chi connectivity index (χ0n) is 16.8. The number of fused-ring (bicyclic) bond motifs is 1. The van der Waals surface area contributed by atoms with Crippen molar-refractivity contribution in [2.45, 2.75) is 71.4 Å². The Kier molecular flexibility index (Phi) is 6.37. The number of rotatable bonds is 8. The number of aromatic nitrogens is 4. The van der Waals surface area contributed by atoms with E-state index in [1.54, 1.807) is 10.9 Å². The van der Waals surface area contributed by atoms with E-state index in [4.69, 9.17) is 14.8 Å². The maximum Gasteiger partial charge on any atom is 0.331 e. The standard InChI is InChI=1S/C18H29FN5O3P/c1-11(2)26-28(25,27-12(3)4)6-5-13-7-14(19)15(8-13)24-10-23-16-17(20)21-9-22-18(16)24/h9-15H,5-8H2,1-4H3,(H2,20,21,22). The Morgan fingerprint density at radius 2 is 1.89 bits per heavy atom. The normalized spacial score (nSPS) is 23.3. The first-order chi connectivity index (χ1) is 13.2. The van der Waals surface area contributed by atoms with E-state index < -0.39 is 13.8 Å². The molecule has 0 spiro atoms. The molecule has 8 nitrogen and oxygen atoms in total. The number of nitrogen functional groups attached to an aromatic ring is 1. The molecule has 2 aromatic heterocycles. The van der Waals surface area contributed by atoms with Crippen LogP contribution in [-0.2, 0) is 13.6 Å². The molecule has 1 aliphatic carbocycles. The molecule has 1 aliphatic rings. The summed E-state index contributed by atoms with van der Waals surface area (Å²) in [6.45, 7) is 7.32. The van der Waals surface area contributed by atoms with E-state index in [2.05, 4.69) is 15.0 Å². The van der Waals surface area contributed by atoms with Gasteiger partial charge < -0.3 is 19.3 Å². The van der Waals surface area contributed by atoms with Crippen LogP contribution in [0.4, 0.5) is 10.2 Å². The second-order valence-electron chi connectivity index (χ2n) is 7.94. The van der Waals surface area contributed by atoms with Gasteiger partial charge in [0.25, 0.3) is 0 Å². The van der Waals surface area contributed by atoms with E-state index in [0.717, 1.165) is 0 Å². The first kappa shape index (κ1) is 21.1. The molecule has 0 amide bonds. The van der Waals surface area contributed by atoms with Crippen molar-refractivity contribution in [1.29, 1.82) is 0 Å². The highest BCUT2D eigenvalue weighted by Crippen LogP contribution is 2.53. The number of nitrogens with two attached hydrogens (primary N) is 1. The topological polar surface area (TPSA) is 105 Å². The van der Waals surface area contributed by atoms with Crippen molar-refractivity contribution >= 4 is 24.6 Å². The molecule has 2 heterocycles. The van der Waals surface area contributed by atoms with E-state index in [1.165, 1.54) is 6.33 Å². The zero-order chi connectivity index (χ0) is 20.5. The fourth-order valence-corrected chi connectivity index (χ4v) is 6.04. The van der Waals surface area contributed by atoms with Crippen LogP contribution in [0.3, 0.4) is 0 Å². The Bertz CT molecular complexity index is 845. The summed E-state index contributed by atoms with van der Waals surface area (Å²) in [5.74, 6) is 0.364. The quantitative estimate of drug-likeness (QED) is 0.649. The SMILES string of the molecule is CC(C)OP(=O)(CCC1CC(F)C(n2cnc3c(N)ncnc32)C1)OC(C)C. The summed E-state index contributed by atoms with van der Waals surface area (Å²) in [6, 6.07) is -0.374. The predicted molar refractivity (Wildman–Crippen MR) is 106 cm³/mol. The van der Waals surface area contributed by atoms with Crippen molar-refractivity contribution < 1.29 is 18.0 Å². The van der Waals surface area contributed by atoms with Crippen molar-refractivity contribution in [3.05, 3.63) is 12.7 Å². The number of imidazole rings is 1. The van der Waals surface area contributed by atoms with Gasteiger partial charge in [0.1, 0.15) is 18.0 Å². The van der Waals surface area contributed by atoms with Crippen LogP contribution < -0.4 is 5.73 Å². The molecule has 0 saturated heterocycles. The molecule has 10 heteroatoms. The molecular formula is C18H29FN5O3P. The molecule has 1 fully saturated rings. The molecule has 0 aliphatic heterocycles. The fourth-order valence-electron chi connectivity index (χ4n) is 3.81. The number of anilines is 1. The van der Waals surface area contributed by atoms with Gasteiger partial charge in [0, 0.05) is 0 Å². The van der Waals surface area contributed by atoms with Crippen LogP contribution in [0.15, 0.2) is 12.7 Å². The van der Waals surface area contributed by atoms with Crippen LogP contribution in [0.2, 0.25) is 0 Å². The van der Waals surface area contributed by atoms with Crippen LogP contribution in [-0.4, -0.2) is 44.1 Å². The predicted octanol–water partition coefficient (Wildman–Crippen LogP) is 4.13. The lowest BCUT2D eigenvalue weighted by Gasteiger charge is -2.24. The summed E-state index contributed by atoms with van der Waals surface area (Å²) in [4.78, 5) is 12.4. The molecule has 3 atom stereocenters. The second-order valence-corrected chi connectivity index (χ2v) is 10.0. The molecule has 28 heavy (non-hydrogen) atoms. The molecule has 0 radical (unpaired) electrons. The van der Waals surface area contributed by atoms with E-state index >= 15 is 0 Å². The third kappa shape index (κ3) is 4.70. The highest BCUT2D eigenvalue weighted by atomic mass is 31.2. The van der Waals surface area contributed by atoms with Gasteiger partial charge in [0.2, 0.25) is 0 Å². The van der Waals surface area contributed by atoms with Gasteiger partial charge in [-0.15, -0.1) is 0 Å². The molecule has 2 N–H and O–H groups in total. The maximum absolute atomic E-state index is 14.8. The van der Waals surface area contributed by atoms with Crippen LogP contribution >= 0.6 is 7.60 Å². The van der Waals surface area contributed by atoms with Gasteiger partial charge in [-0.2, -0.15) is 0 Å². The number of nitrogens with zero attached hydrogens (tertiary/aromatic N) is 4. The highest BCUT2D eigenvalue weighted by Gasteiger charge is 2.38. The Balaban J connectivity index is 1.69. The third-order valence-electron chi connectivity index (χ3n) is 4.85. The van der Waals surface area contributed by atoms with Gasteiger partial charge in [0.05, 0.1) is 30.7 Å². The molecule has 3 unspecified atom stereocenters. The minimum Gasteiger partial charge on any atom is -0.382 e. The Labute approximate surface area is 164 Å². The molecule has 2 aromatic rings. The lowest BCUT2D eigenvalue weighted by Crippen LogP contribution is -2.14. The van der Waals surface area contributed by atoms with Gasteiger partial charge >= 0.3 is 7.60 Å². The maximum atomic E-state index is 14.8. The lowest BCUT2D eigenvalue weighted by molar-refractivity contribution is 0.141. The largest absolute Gasteiger partial charge is 0.382 e. The highest BCUT2D eigenvalue weighted by molar-refractivity contribution is 7.53. The average molecular weight is 413 g/mol. The Morgan fingerprint density at radius 1 is 1.21 bits per heavy atom. The summed E-state index contributed by atoms with van der Waals surface area (Å²) < 4.78 is 40.8. The summed E-state index contributed by atoms with van der Waals surface area (Å²) in [5, 5.41) is 0. The second kappa shape index (κ2) is 8.43. The molecule has 1 saturated carbocycles. The first-order valence-electron chi connectivity index (χ1n) is 9.71. The number of hydrogen-bond acceptors (Lipinski definition) is 7. The van der Waals surface area contributed by atoms with Gasteiger partial charge in [-0.3, -0.25) is 4.57 Å². The van der Waals surface area contributed by atoms with E-state index in [1.807, 2.05) is 27.7 Å². The third-order valence-corrected chi connectivity index (χ3v) is 7.14. The van der Waals surface area contributed by atoms with Crippen molar-refractivity contribution in [2.75, 3.05) is 11.9 Å². The van der Waals surface area contributed by atoms with Gasteiger partial charge in [0.15, 0.2) is 11.5 Å². The van der Waals surface area contributed by atoms with E-state index in [9.17, 15) is 8.96 Å². The lowest BCUT2D eigenvalue weighted by atomic mass is 10.1. The molecular weight excluding hydrogens is 384 g/mol. The van der Waals surface area contributed by atoms with Gasteiger partial charge in [-0.25, -0.2) is 19.3 Å². The minimum atomic E-state index is -3.21. The molecule has 3 rings (SSSR count). The summed E-state index contributed by atoms with van der Waals surface area (Å²) >= 11 is 0. The Hall–Kier alpha value is -1.57. The smallest absolute Gasteiger partial charge is 0.331 e. The van der Waals surface area contributed by atoms with Crippen molar-refractivity contribution in [2.24, 2.45) is 5.92 Å². The zero-order valence-corrected chi connectivity index (χ0v) is 17.7. The van der Waals surface area contributed by atoms with Gasteiger partial charge in [-0.05, 0) is 52.9 Å². The van der Waals surface area contributed by atoms with Crippen LogP contribution in [0.25, 0.3) is 11.2 Å². The van der Waals surface area contributed by atoms with Crippen molar-refractivity contribution in [1.82, 2.24) is 19.5 Å². The number of halogens is 1. The monoisotopic (exact) mass is 413 g/mol. The van der Waals surface area contributed by atoms with Crippen LogP contribution in [0, 0.1) is 5.92 Å². The molecule has 156 valence electrons.